The summed E-state index contributed by atoms with van der Waals surface area (Å²) < 4.78 is 11.7. The van der Waals surface area contributed by atoms with Gasteiger partial charge in [0.05, 0.1) is 12.7 Å². The van der Waals surface area contributed by atoms with E-state index in [1.165, 1.54) is 115 Å². The fourth-order valence-corrected chi connectivity index (χ4v) is 4.40. The molecule has 1 heterocycles. The van der Waals surface area contributed by atoms with Gasteiger partial charge in [-0.1, -0.05) is 107 Å². The van der Waals surface area contributed by atoms with E-state index in [1.54, 1.807) is 0 Å². The first-order chi connectivity index (χ1) is 15.4. The monoisotopic (exact) mass is 431 g/mol. The average Bonchev–Trinajstić information content (AvgIpc) is 2.82. The number of hydrogen-bond donors (Lipinski definition) is 1. The topological polar surface area (TPSA) is 30.5 Å². The van der Waals surface area contributed by atoms with Gasteiger partial charge in [-0.3, -0.25) is 0 Å². The Kier molecular flexibility index (Phi) is 16.8. The second kappa shape index (κ2) is 19.8. The molecule has 1 fully saturated rings. The van der Waals surface area contributed by atoms with Gasteiger partial charge < -0.3 is 14.8 Å². The van der Waals surface area contributed by atoms with E-state index in [4.69, 9.17) is 9.47 Å². The van der Waals surface area contributed by atoms with E-state index in [0.717, 1.165) is 26.4 Å². The molecule has 0 saturated carbocycles. The molecule has 2 rings (SSSR count). The number of ether oxygens (including phenoxy) is 2. The minimum atomic E-state index is 0.479. The molecule has 1 saturated heterocycles. The summed E-state index contributed by atoms with van der Waals surface area (Å²) >= 11 is 0. The molecule has 3 heteroatoms. The largest absolute Gasteiger partial charge is 0.377 e. The quantitative estimate of drug-likeness (QED) is 0.218. The highest BCUT2D eigenvalue weighted by atomic mass is 16.5. The number of nitrogens with one attached hydrogen (secondary N) is 1. The number of hydrogen-bond acceptors (Lipinski definition) is 3. The first-order valence-corrected chi connectivity index (χ1v) is 13.4. The highest BCUT2D eigenvalue weighted by Gasteiger charge is 2.12. The Morgan fingerprint density at radius 3 is 1.77 bits per heavy atom. The van der Waals surface area contributed by atoms with Crippen molar-refractivity contribution in [3.63, 3.8) is 0 Å². The summed E-state index contributed by atoms with van der Waals surface area (Å²) in [6.45, 7) is 4.86. The Balaban J connectivity index is 1.20. The molecule has 3 nitrogen and oxygen atoms in total. The van der Waals surface area contributed by atoms with E-state index in [0.29, 0.717) is 6.10 Å². The predicted molar refractivity (Wildman–Crippen MR) is 133 cm³/mol. The normalized spacial score (nSPS) is 16.6. The van der Waals surface area contributed by atoms with Gasteiger partial charge in [0.25, 0.3) is 0 Å². The van der Waals surface area contributed by atoms with Crippen LogP contribution in [0.25, 0.3) is 0 Å². The van der Waals surface area contributed by atoms with Crippen LogP contribution in [0.4, 0.5) is 0 Å². The smallest absolute Gasteiger partial charge is 0.0716 e. The van der Waals surface area contributed by atoms with E-state index in [9.17, 15) is 0 Å². The van der Waals surface area contributed by atoms with E-state index in [-0.39, 0.29) is 0 Å². The molecule has 0 amide bonds. The molecule has 1 aliphatic heterocycles. The number of rotatable bonds is 20. The molecule has 1 aromatic rings. The molecule has 31 heavy (non-hydrogen) atoms. The fraction of sp³-hybridized carbons (Fsp3) is 0.786. The lowest BCUT2D eigenvalue weighted by Gasteiger charge is -2.22. The Labute approximate surface area is 192 Å². The molecule has 0 aromatic heterocycles. The van der Waals surface area contributed by atoms with Gasteiger partial charge in [-0.2, -0.15) is 0 Å². The standard InChI is InChI=1S/C28H49NO2/c1(2-4-6-8-10-12-17-24-31-28-21-18-22-29-25-28)3-5-7-9-11-16-23-30-26-27-19-14-13-15-20-27/h13-15,19-20,28-29H,1-12,16-18,21-26H2. The van der Waals surface area contributed by atoms with Crippen LogP contribution in [0.5, 0.6) is 0 Å². The molecular weight excluding hydrogens is 382 g/mol. The Bertz CT molecular complexity index is 487. The van der Waals surface area contributed by atoms with Gasteiger partial charge in [-0.15, -0.1) is 0 Å². The van der Waals surface area contributed by atoms with Crippen molar-refractivity contribution in [1.82, 2.24) is 5.32 Å². The minimum Gasteiger partial charge on any atom is -0.377 e. The van der Waals surface area contributed by atoms with Crippen molar-refractivity contribution in [3.05, 3.63) is 35.9 Å². The molecule has 1 unspecified atom stereocenters. The fourth-order valence-electron chi connectivity index (χ4n) is 4.40. The van der Waals surface area contributed by atoms with Crippen molar-refractivity contribution in [2.24, 2.45) is 0 Å². The predicted octanol–water partition coefficient (Wildman–Crippen LogP) is 7.43. The lowest BCUT2D eigenvalue weighted by atomic mass is 10.0. The third-order valence-corrected chi connectivity index (χ3v) is 6.40. The van der Waals surface area contributed by atoms with Crippen molar-refractivity contribution in [1.29, 1.82) is 0 Å². The van der Waals surface area contributed by atoms with Crippen LogP contribution in [0, 0.1) is 0 Å². The molecular formula is C28H49NO2. The summed E-state index contributed by atoms with van der Waals surface area (Å²) in [6, 6.07) is 10.5. The van der Waals surface area contributed by atoms with Crippen LogP contribution in [0.3, 0.4) is 0 Å². The van der Waals surface area contributed by atoms with Crippen LogP contribution < -0.4 is 5.32 Å². The molecule has 0 aliphatic carbocycles. The van der Waals surface area contributed by atoms with Crippen LogP contribution in [0.1, 0.15) is 108 Å². The van der Waals surface area contributed by atoms with Gasteiger partial charge in [-0.25, -0.2) is 0 Å². The zero-order valence-corrected chi connectivity index (χ0v) is 20.1. The van der Waals surface area contributed by atoms with Gasteiger partial charge in [0, 0.05) is 19.8 Å². The second-order valence-electron chi connectivity index (χ2n) is 9.33. The maximum absolute atomic E-state index is 5.96. The van der Waals surface area contributed by atoms with Crippen molar-refractivity contribution < 1.29 is 9.47 Å². The zero-order chi connectivity index (χ0) is 21.7. The lowest BCUT2D eigenvalue weighted by molar-refractivity contribution is 0.0347. The Hall–Kier alpha value is -0.900. The summed E-state index contributed by atoms with van der Waals surface area (Å²) in [7, 11) is 0. The maximum atomic E-state index is 5.96. The molecule has 0 radical (unpaired) electrons. The van der Waals surface area contributed by atoms with Gasteiger partial charge in [0.1, 0.15) is 0 Å². The average molecular weight is 432 g/mol. The summed E-state index contributed by atoms with van der Waals surface area (Å²) in [5, 5.41) is 3.42. The molecule has 1 aromatic carbocycles. The summed E-state index contributed by atoms with van der Waals surface area (Å²) in [6.07, 6.45) is 22.3. The third-order valence-electron chi connectivity index (χ3n) is 6.40. The Morgan fingerprint density at radius 2 is 1.23 bits per heavy atom. The highest BCUT2D eigenvalue weighted by Crippen LogP contribution is 2.14. The van der Waals surface area contributed by atoms with E-state index < -0.39 is 0 Å². The third kappa shape index (κ3) is 15.5. The van der Waals surface area contributed by atoms with Gasteiger partial charge in [-0.05, 0) is 37.8 Å². The molecule has 1 atom stereocenters. The number of piperidine rings is 1. The van der Waals surface area contributed by atoms with E-state index in [2.05, 4.69) is 35.6 Å². The van der Waals surface area contributed by atoms with Crippen LogP contribution in [-0.2, 0) is 16.1 Å². The minimum absolute atomic E-state index is 0.479. The van der Waals surface area contributed by atoms with Crippen LogP contribution in [-0.4, -0.2) is 32.4 Å². The van der Waals surface area contributed by atoms with Gasteiger partial charge in [0.2, 0.25) is 0 Å². The van der Waals surface area contributed by atoms with Crippen molar-refractivity contribution in [3.8, 4) is 0 Å². The summed E-state index contributed by atoms with van der Waals surface area (Å²) in [5.41, 5.74) is 1.28. The first-order valence-electron chi connectivity index (χ1n) is 13.4. The lowest BCUT2D eigenvalue weighted by Crippen LogP contribution is -2.35. The van der Waals surface area contributed by atoms with Crippen molar-refractivity contribution in [2.75, 3.05) is 26.3 Å². The summed E-state index contributed by atoms with van der Waals surface area (Å²) in [4.78, 5) is 0. The van der Waals surface area contributed by atoms with E-state index >= 15 is 0 Å². The Morgan fingerprint density at radius 1 is 0.677 bits per heavy atom. The van der Waals surface area contributed by atoms with Crippen molar-refractivity contribution in [2.45, 2.75) is 115 Å². The second-order valence-corrected chi connectivity index (χ2v) is 9.33. The SMILES string of the molecule is c1ccc(COCCCCCCCCCCCCCCCCOC2CCCNC2)cc1. The highest BCUT2D eigenvalue weighted by molar-refractivity contribution is 5.13. The number of benzene rings is 1. The van der Waals surface area contributed by atoms with Gasteiger partial charge >= 0.3 is 0 Å². The van der Waals surface area contributed by atoms with Gasteiger partial charge in [0.15, 0.2) is 0 Å². The molecule has 178 valence electrons. The van der Waals surface area contributed by atoms with Crippen LogP contribution in [0.2, 0.25) is 0 Å². The number of unbranched alkanes of at least 4 members (excludes halogenated alkanes) is 13. The van der Waals surface area contributed by atoms with Crippen LogP contribution >= 0.6 is 0 Å². The molecule has 0 spiro atoms. The van der Waals surface area contributed by atoms with Crippen LogP contribution in [0.15, 0.2) is 30.3 Å². The molecule has 1 N–H and O–H groups in total. The van der Waals surface area contributed by atoms with Crippen molar-refractivity contribution >= 4 is 0 Å². The molecule has 0 bridgehead atoms. The maximum Gasteiger partial charge on any atom is 0.0716 e. The zero-order valence-electron chi connectivity index (χ0n) is 20.1. The summed E-state index contributed by atoms with van der Waals surface area (Å²) in [5.74, 6) is 0. The molecule has 1 aliphatic rings. The first kappa shape index (κ1) is 26.4. The van der Waals surface area contributed by atoms with E-state index in [1.807, 2.05) is 0 Å².